The Hall–Kier alpha value is -0.780. The summed E-state index contributed by atoms with van der Waals surface area (Å²) in [6.45, 7) is 3.56. The van der Waals surface area contributed by atoms with E-state index in [1.165, 1.54) is 0 Å². The van der Waals surface area contributed by atoms with Crippen LogP contribution in [0.3, 0.4) is 0 Å². The summed E-state index contributed by atoms with van der Waals surface area (Å²) in [4.78, 5) is 12.2. The van der Waals surface area contributed by atoms with E-state index in [2.05, 4.69) is 5.32 Å². The van der Waals surface area contributed by atoms with Gasteiger partial charge in [-0.05, 0) is 26.2 Å². The van der Waals surface area contributed by atoms with Gasteiger partial charge in [-0.1, -0.05) is 19.1 Å². The van der Waals surface area contributed by atoms with Crippen molar-refractivity contribution in [1.82, 2.24) is 5.32 Å². The second-order valence-electron chi connectivity index (χ2n) is 5.19. The van der Waals surface area contributed by atoms with Crippen LogP contribution < -0.4 is 11.1 Å². The standard InChI is InChI=1S/C12H20F2N2OS/c1-3-11(2,10(15)18)16-9(17)8-5-4-6-12(13,14)7-8/h8H,3-7H2,1-2H3,(H2,15,18)(H,16,17). The molecular formula is C12H20F2N2OS. The van der Waals surface area contributed by atoms with E-state index in [4.69, 9.17) is 18.0 Å². The molecule has 2 atom stereocenters. The van der Waals surface area contributed by atoms with Crippen LogP contribution in [0.5, 0.6) is 0 Å². The molecule has 0 spiro atoms. The highest BCUT2D eigenvalue weighted by Crippen LogP contribution is 2.36. The molecule has 3 N–H and O–H groups in total. The van der Waals surface area contributed by atoms with Crippen molar-refractivity contribution in [2.45, 2.75) is 57.4 Å². The van der Waals surface area contributed by atoms with Crippen molar-refractivity contribution >= 4 is 23.1 Å². The number of carbonyl (C=O) groups excluding carboxylic acids is 1. The average molecular weight is 278 g/mol. The Morgan fingerprint density at radius 1 is 1.61 bits per heavy atom. The van der Waals surface area contributed by atoms with E-state index in [0.29, 0.717) is 19.3 Å². The van der Waals surface area contributed by atoms with Crippen molar-refractivity contribution in [3.05, 3.63) is 0 Å². The number of alkyl halides is 2. The fourth-order valence-electron chi connectivity index (χ4n) is 2.09. The molecule has 18 heavy (non-hydrogen) atoms. The number of rotatable bonds is 4. The van der Waals surface area contributed by atoms with Gasteiger partial charge in [-0.15, -0.1) is 0 Å². The first-order valence-corrected chi connectivity index (χ1v) is 6.61. The summed E-state index contributed by atoms with van der Waals surface area (Å²) in [7, 11) is 0. The van der Waals surface area contributed by atoms with Crippen LogP contribution in [0.15, 0.2) is 0 Å². The third-order valence-corrected chi connectivity index (χ3v) is 4.11. The molecule has 1 fully saturated rings. The SMILES string of the molecule is CCC(C)(NC(=O)C1CCCC(F)(F)C1)C(N)=S. The minimum atomic E-state index is -2.73. The molecule has 6 heteroatoms. The van der Waals surface area contributed by atoms with Gasteiger partial charge in [0.2, 0.25) is 11.8 Å². The van der Waals surface area contributed by atoms with E-state index in [9.17, 15) is 13.6 Å². The number of nitrogens with one attached hydrogen (secondary N) is 1. The number of thiocarbonyl (C=S) groups is 1. The minimum Gasteiger partial charge on any atom is -0.391 e. The molecule has 0 radical (unpaired) electrons. The third-order valence-electron chi connectivity index (χ3n) is 3.66. The number of halogens is 2. The Morgan fingerprint density at radius 2 is 2.22 bits per heavy atom. The number of hydrogen-bond donors (Lipinski definition) is 2. The summed E-state index contributed by atoms with van der Waals surface area (Å²) >= 11 is 4.91. The minimum absolute atomic E-state index is 0.128. The molecule has 1 amide bonds. The quantitative estimate of drug-likeness (QED) is 0.776. The molecule has 0 heterocycles. The van der Waals surface area contributed by atoms with Crippen LogP contribution in [0.25, 0.3) is 0 Å². The van der Waals surface area contributed by atoms with Crippen LogP contribution in [0.4, 0.5) is 8.78 Å². The first-order valence-electron chi connectivity index (χ1n) is 6.20. The summed E-state index contributed by atoms with van der Waals surface area (Å²) in [5.41, 5.74) is 4.79. The van der Waals surface area contributed by atoms with Crippen LogP contribution in [0, 0.1) is 5.92 Å². The summed E-state index contributed by atoms with van der Waals surface area (Å²) in [5, 5.41) is 2.71. The van der Waals surface area contributed by atoms with E-state index < -0.39 is 17.4 Å². The van der Waals surface area contributed by atoms with Crippen LogP contribution in [-0.2, 0) is 4.79 Å². The molecule has 0 aromatic carbocycles. The number of amides is 1. The van der Waals surface area contributed by atoms with Gasteiger partial charge >= 0.3 is 0 Å². The number of hydrogen-bond acceptors (Lipinski definition) is 2. The molecule has 0 aromatic rings. The summed E-state index contributed by atoms with van der Waals surface area (Å²) < 4.78 is 26.5. The monoisotopic (exact) mass is 278 g/mol. The zero-order valence-electron chi connectivity index (χ0n) is 10.8. The Kier molecular flexibility index (Phi) is 4.64. The molecule has 0 aliphatic heterocycles. The first-order chi connectivity index (χ1) is 8.20. The van der Waals surface area contributed by atoms with E-state index in [0.717, 1.165) is 0 Å². The molecule has 1 rings (SSSR count). The molecule has 0 saturated heterocycles. The van der Waals surface area contributed by atoms with E-state index in [-0.39, 0.29) is 23.7 Å². The first kappa shape index (κ1) is 15.3. The normalized spacial score (nSPS) is 26.1. The Labute approximate surface area is 111 Å². The molecule has 0 bridgehead atoms. The van der Waals surface area contributed by atoms with Gasteiger partial charge in [-0.25, -0.2) is 8.78 Å². The lowest BCUT2D eigenvalue weighted by Crippen LogP contribution is -2.56. The number of nitrogens with two attached hydrogens (primary N) is 1. The molecule has 1 aliphatic carbocycles. The predicted octanol–water partition coefficient (Wildman–Crippen LogP) is 2.38. The van der Waals surface area contributed by atoms with Gasteiger partial charge in [-0.2, -0.15) is 0 Å². The van der Waals surface area contributed by atoms with Crippen LogP contribution in [0.1, 0.15) is 46.0 Å². The number of carbonyl (C=O) groups is 1. The highest BCUT2D eigenvalue weighted by Gasteiger charge is 2.40. The Bertz CT molecular complexity index is 349. The topological polar surface area (TPSA) is 55.1 Å². The molecule has 2 unspecified atom stereocenters. The Balaban J connectivity index is 2.68. The lowest BCUT2D eigenvalue weighted by atomic mass is 9.85. The lowest BCUT2D eigenvalue weighted by Gasteiger charge is -2.33. The zero-order valence-corrected chi connectivity index (χ0v) is 11.6. The second-order valence-corrected chi connectivity index (χ2v) is 5.63. The predicted molar refractivity (Wildman–Crippen MR) is 70.5 cm³/mol. The van der Waals surface area contributed by atoms with Gasteiger partial charge in [0.25, 0.3) is 0 Å². The van der Waals surface area contributed by atoms with Gasteiger partial charge in [0.05, 0.1) is 10.5 Å². The fraction of sp³-hybridized carbons (Fsp3) is 0.833. The molecule has 0 aromatic heterocycles. The third kappa shape index (κ3) is 3.60. The molecule has 3 nitrogen and oxygen atoms in total. The lowest BCUT2D eigenvalue weighted by molar-refractivity contribution is -0.133. The molecule has 1 aliphatic rings. The average Bonchev–Trinajstić information content (AvgIpc) is 2.27. The zero-order chi connectivity index (χ0) is 14.0. The molecule has 104 valence electrons. The van der Waals surface area contributed by atoms with Gasteiger partial charge in [0.1, 0.15) is 0 Å². The van der Waals surface area contributed by atoms with Gasteiger partial charge in [-0.3, -0.25) is 4.79 Å². The molecule has 1 saturated carbocycles. The van der Waals surface area contributed by atoms with Gasteiger partial charge in [0.15, 0.2) is 0 Å². The van der Waals surface area contributed by atoms with Crippen LogP contribution >= 0.6 is 12.2 Å². The largest absolute Gasteiger partial charge is 0.391 e. The maximum atomic E-state index is 13.3. The second kappa shape index (κ2) is 5.47. The fourth-order valence-corrected chi connectivity index (χ4v) is 2.29. The highest BCUT2D eigenvalue weighted by molar-refractivity contribution is 7.80. The smallest absolute Gasteiger partial charge is 0.248 e. The van der Waals surface area contributed by atoms with Gasteiger partial charge in [0, 0.05) is 18.8 Å². The van der Waals surface area contributed by atoms with E-state index >= 15 is 0 Å². The van der Waals surface area contributed by atoms with Crippen molar-refractivity contribution in [1.29, 1.82) is 0 Å². The van der Waals surface area contributed by atoms with Crippen LogP contribution in [-0.4, -0.2) is 22.4 Å². The summed E-state index contributed by atoms with van der Waals surface area (Å²) in [6, 6.07) is 0. The highest BCUT2D eigenvalue weighted by atomic mass is 32.1. The van der Waals surface area contributed by atoms with Crippen LogP contribution in [0.2, 0.25) is 0 Å². The van der Waals surface area contributed by atoms with Crippen molar-refractivity contribution < 1.29 is 13.6 Å². The van der Waals surface area contributed by atoms with Crippen molar-refractivity contribution in [3.8, 4) is 0 Å². The maximum absolute atomic E-state index is 13.3. The van der Waals surface area contributed by atoms with E-state index in [1.807, 2.05) is 6.92 Å². The van der Waals surface area contributed by atoms with Gasteiger partial charge < -0.3 is 11.1 Å². The summed E-state index contributed by atoms with van der Waals surface area (Å²) in [6.07, 6.45) is 0.907. The summed E-state index contributed by atoms with van der Waals surface area (Å²) in [5.74, 6) is -3.74. The van der Waals surface area contributed by atoms with Crippen molar-refractivity contribution in [2.75, 3.05) is 0 Å². The Morgan fingerprint density at radius 3 is 2.67 bits per heavy atom. The maximum Gasteiger partial charge on any atom is 0.248 e. The van der Waals surface area contributed by atoms with Crippen molar-refractivity contribution in [2.24, 2.45) is 11.7 Å². The van der Waals surface area contributed by atoms with E-state index in [1.54, 1.807) is 6.92 Å². The van der Waals surface area contributed by atoms with Crippen molar-refractivity contribution in [3.63, 3.8) is 0 Å². The molecular weight excluding hydrogens is 258 g/mol.